The molecule has 2 atom stereocenters. The van der Waals surface area contributed by atoms with Gasteiger partial charge < -0.3 is 15.0 Å². The van der Waals surface area contributed by atoms with Gasteiger partial charge in [0.2, 0.25) is 0 Å². The van der Waals surface area contributed by atoms with Crippen LogP contribution < -0.4 is 5.32 Å². The molecule has 0 aromatic carbocycles. The fraction of sp³-hybridized carbons (Fsp3) is 0.688. The summed E-state index contributed by atoms with van der Waals surface area (Å²) in [5, 5.41) is 7.41. The SMILES string of the molecule is C[C@@H](NC(=O)N1CCN(Cc2ccsc2)CC1)[C@H]1CCCO1. The third-order valence-corrected chi connectivity index (χ3v) is 5.25. The van der Waals surface area contributed by atoms with E-state index in [2.05, 4.69) is 27.0 Å². The molecule has 6 heteroatoms. The lowest BCUT2D eigenvalue weighted by Gasteiger charge is -2.35. The lowest BCUT2D eigenvalue weighted by atomic mass is 10.1. The van der Waals surface area contributed by atoms with Gasteiger partial charge in [-0.05, 0) is 42.2 Å². The van der Waals surface area contributed by atoms with Crippen molar-refractivity contribution in [2.45, 2.75) is 38.5 Å². The van der Waals surface area contributed by atoms with Gasteiger partial charge in [-0.2, -0.15) is 11.3 Å². The molecule has 0 aliphatic carbocycles. The average molecular weight is 323 g/mol. The van der Waals surface area contributed by atoms with E-state index in [1.54, 1.807) is 11.3 Å². The number of carbonyl (C=O) groups is 1. The number of ether oxygens (including phenoxy) is 1. The number of urea groups is 1. The van der Waals surface area contributed by atoms with Gasteiger partial charge in [0.1, 0.15) is 0 Å². The molecule has 2 aliphatic rings. The minimum atomic E-state index is 0.0539. The van der Waals surface area contributed by atoms with Gasteiger partial charge in [-0.15, -0.1) is 0 Å². The van der Waals surface area contributed by atoms with Crippen molar-refractivity contribution in [3.8, 4) is 0 Å². The first-order chi connectivity index (χ1) is 10.7. The van der Waals surface area contributed by atoms with Crippen molar-refractivity contribution in [1.82, 2.24) is 15.1 Å². The number of amides is 2. The van der Waals surface area contributed by atoms with E-state index in [9.17, 15) is 4.79 Å². The lowest BCUT2D eigenvalue weighted by Crippen LogP contribution is -2.54. The third kappa shape index (κ3) is 4.00. The van der Waals surface area contributed by atoms with Crippen LogP contribution in [0.15, 0.2) is 16.8 Å². The molecule has 1 N–H and O–H groups in total. The molecule has 3 heterocycles. The Labute approximate surface area is 136 Å². The Morgan fingerprint density at radius 1 is 1.45 bits per heavy atom. The van der Waals surface area contributed by atoms with E-state index in [4.69, 9.17) is 4.74 Å². The first kappa shape index (κ1) is 15.8. The van der Waals surface area contributed by atoms with E-state index in [1.165, 1.54) is 5.56 Å². The highest BCUT2D eigenvalue weighted by Crippen LogP contribution is 2.16. The molecule has 0 radical (unpaired) electrons. The van der Waals surface area contributed by atoms with Gasteiger partial charge in [0, 0.05) is 39.3 Å². The molecule has 5 nitrogen and oxygen atoms in total. The van der Waals surface area contributed by atoms with E-state index in [0.717, 1.165) is 52.2 Å². The van der Waals surface area contributed by atoms with Crippen molar-refractivity contribution in [3.05, 3.63) is 22.4 Å². The molecular formula is C16H25N3O2S. The van der Waals surface area contributed by atoms with Gasteiger partial charge in [-0.3, -0.25) is 4.90 Å². The number of rotatable bonds is 4. The summed E-state index contributed by atoms with van der Waals surface area (Å²) in [6.45, 7) is 7.34. The molecule has 1 aromatic rings. The maximum Gasteiger partial charge on any atom is 0.317 e. The Hall–Kier alpha value is -1.11. The summed E-state index contributed by atoms with van der Waals surface area (Å²) in [5.74, 6) is 0. The van der Waals surface area contributed by atoms with Crippen LogP contribution >= 0.6 is 11.3 Å². The molecule has 2 fully saturated rings. The number of nitrogens with zero attached hydrogens (tertiary/aromatic N) is 2. The van der Waals surface area contributed by atoms with Crippen LogP contribution in [0.5, 0.6) is 0 Å². The van der Waals surface area contributed by atoms with Crippen molar-refractivity contribution < 1.29 is 9.53 Å². The van der Waals surface area contributed by atoms with Gasteiger partial charge in [-0.25, -0.2) is 4.79 Å². The zero-order valence-corrected chi connectivity index (χ0v) is 14.0. The predicted molar refractivity (Wildman–Crippen MR) is 88.1 cm³/mol. The smallest absolute Gasteiger partial charge is 0.317 e. The average Bonchev–Trinajstić information content (AvgIpc) is 3.21. The summed E-state index contributed by atoms with van der Waals surface area (Å²) in [6, 6.07) is 2.32. The van der Waals surface area contributed by atoms with E-state index >= 15 is 0 Å². The zero-order valence-electron chi connectivity index (χ0n) is 13.2. The lowest BCUT2D eigenvalue weighted by molar-refractivity contribution is 0.0800. The second-order valence-electron chi connectivity index (χ2n) is 6.18. The molecule has 122 valence electrons. The Morgan fingerprint density at radius 2 is 2.27 bits per heavy atom. The van der Waals surface area contributed by atoms with Crippen LogP contribution in [0, 0.1) is 0 Å². The van der Waals surface area contributed by atoms with Gasteiger partial charge in [0.25, 0.3) is 0 Å². The standard InChI is InChI=1S/C16H25N3O2S/c1-13(15-3-2-9-21-15)17-16(20)19-7-5-18(6-8-19)11-14-4-10-22-12-14/h4,10,12-13,15H,2-3,5-9,11H2,1H3,(H,17,20)/t13-,15-/m1/s1. The summed E-state index contributed by atoms with van der Waals surface area (Å²) in [7, 11) is 0. The Balaban J connectivity index is 1.41. The van der Waals surface area contributed by atoms with Gasteiger partial charge in [0.05, 0.1) is 12.1 Å². The van der Waals surface area contributed by atoms with E-state index in [-0.39, 0.29) is 18.2 Å². The highest BCUT2D eigenvalue weighted by atomic mass is 32.1. The summed E-state index contributed by atoms with van der Waals surface area (Å²) in [4.78, 5) is 16.7. The maximum atomic E-state index is 12.3. The molecule has 2 amide bonds. The molecular weight excluding hydrogens is 298 g/mol. The van der Waals surface area contributed by atoms with E-state index in [1.807, 2.05) is 11.8 Å². The molecule has 3 rings (SSSR count). The molecule has 0 unspecified atom stereocenters. The maximum absolute atomic E-state index is 12.3. The molecule has 0 bridgehead atoms. The minimum Gasteiger partial charge on any atom is -0.376 e. The quantitative estimate of drug-likeness (QED) is 0.923. The Kier molecular flexibility index (Phi) is 5.33. The van der Waals surface area contributed by atoms with Crippen LogP contribution in [0.3, 0.4) is 0 Å². The molecule has 22 heavy (non-hydrogen) atoms. The minimum absolute atomic E-state index is 0.0539. The molecule has 0 spiro atoms. The fourth-order valence-corrected chi connectivity index (χ4v) is 3.79. The van der Waals surface area contributed by atoms with Crippen LogP contribution in [0.1, 0.15) is 25.3 Å². The number of thiophene rings is 1. The van der Waals surface area contributed by atoms with Gasteiger partial charge >= 0.3 is 6.03 Å². The van der Waals surface area contributed by atoms with Crippen LogP contribution in [0.4, 0.5) is 4.79 Å². The van der Waals surface area contributed by atoms with Crippen LogP contribution in [-0.4, -0.2) is 60.8 Å². The zero-order chi connectivity index (χ0) is 15.4. The van der Waals surface area contributed by atoms with E-state index in [0.29, 0.717) is 0 Å². The summed E-state index contributed by atoms with van der Waals surface area (Å²) in [6.07, 6.45) is 2.34. The Bertz CT molecular complexity index is 466. The monoisotopic (exact) mass is 323 g/mol. The van der Waals surface area contributed by atoms with Crippen molar-refractivity contribution in [2.75, 3.05) is 32.8 Å². The first-order valence-electron chi connectivity index (χ1n) is 8.13. The topological polar surface area (TPSA) is 44.8 Å². The third-order valence-electron chi connectivity index (χ3n) is 4.52. The number of nitrogens with one attached hydrogen (secondary N) is 1. The van der Waals surface area contributed by atoms with Crippen molar-refractivity contribution in [3.63, 3.8) is 0 Å². The van der Waals surface area contributed by atoms with Crippen LogP contribution in [0.2, 0.25) is 0 Å². The van der Waals surface area contributed by atoms with Crippen LogP contribution in [-0.2, 0) is 11.3 Å². The Morgan fingerprint density at radius 3 is 2.91 bits per heavy atom. The predicted octanol–water partition coefficient (Wildman–Crippen LogP) is 2.14. The van der Waals surface area contributed by atoms with Crippen molar-refractivity contribution in [1.29, 1.82) is 0 Å². The fourth-order valence-electron chi connectivity index (χ4n) is 3.13. The second-order valence-corrected chi connectivity index (χ2v) is 6.96. The van der Waals surface area contributed by atoms with Crippen LogP contribution in [0.25, 0.3) is 0 Å². The summed E-state index contributed by atoms with van der Waals surface area (Å²) in [5.41, 5.74) is 1.37. The van der Waals surface area contributed by atoms with Crippen molar-refractivity contribution >= 4 is 17.4 Å². The summed E-state index contributed by atoms with van der Waals surface area (Å²) >= 11 is 1.74. The second kappa shape index (κ2) is 7.44. The normalized spacial score (nSPS) is 24.4. The highest BCUT2D eigenvalue weighted by Gasteiger charge is 2.27. The molecule has 0 saturated carbocycles. The largest absolute Gasteiger partial charge is 0.376 e. The molecule has 2 aliphatic heterocycles. The number of carbonyl (C=O) groups excluding carboxylic acids is 1. The van der Waals surface area contributed by atoms with Gasteiger partial charge in [-0.1, -0.05) is 0 Å². The number of hydrogen-bond donors (Lipinski definition) is 1. The van der Waals surface area contributed by atoms with Gasteiger partial charge in [0.15, 0.2) is 0 Å². The highest BCUT2D eigenvalue weighted by molar-refractivity contribution is 7.07. The van der Waals surface area contributed by atoms with E-state index < -0.39 is 0 Å². The van der Waals surface area contributed by atoms with Crippen molar-refractivity contribution in [2.24, 2.45) is 0 Å². The first-order valence-corrected chi connectivity index (χ1v) is 9.07. The summed E-state index contributed by atoms with van der Waals surface area (Å²) < 4.78 is 5.64. The number of hydrogen-bond acceptors (Lipinski definition) is 4. The molecule has 1 aromatic heterocycles. The molecule has 2 saturated heterocycles. The number of piperazine rings is 1.